The molecule has 1 aromatic heterocycles. The van der Waals surface area contributed by atoms with Gasteiger partial charge < -0.3 is 19.8 Å². The minimum Gasteiger partial charge on any atom is -0.491 e. The van der Waals surface area contributed by atoms with Gasteiger partial charge in [-0.1, -0.05) is 12.1 Å². The third kappa shape index (κ3) is 4.05. The van der Waals surface area contributed by atoms with Gasteiger partial charge in [0.15, 0.2) is 0 Å². The van der Waals surface area contributed by atoms with Crippen LogP contribution in [0.2, 0.25) is 0 Å². The highest BCUT2D eigenvalue weighted by molar-refractivity contribution is 7.99. The predicted molar refractivity (Wildman–Crippen MR) is 106 cm³/mol. The minimum atomic E-state index is -0.0755. The number of anilines is 1. The van der Waals surface area contributed by atoms with Crippen LogP contribution >= 0.6 is 11.8 Å². The van der Waals surface area contributed by atoms with Crippen LogP contribution in [-0.4, -0.2) is 53.9 Å². The Kier molecular flexibility index (Phi) is 6.72. The third-order valence-corrected chi connectivity index (χ3v) is 5.31. The zero-order valence-corrected chi connectivity index (χ0v) is 16.1. The van der Waals surface area contributed by atoms with Crippen LogP contribution in [0.4, 0.5) is 5.82 Å². The van der Waals surface area contributed by atoms with Crippen molar-refractivity contribution < 1.29 is 14.9 Å². The third-order valence-electron chi connectivity index (χ3n) is 4.36. The number of thioether (sulfide) groups is 1. The maximum atomic E-state index is 9.86. The average Bonchev–Trinajstić information content (AvgIpc) is 2.69. The van der Waals surface area contributed by atoms with Gasteiger partial charge in [-0.3, -0.25) is 0 Å². The molecule has 1 aliphatic rings. The summed E-state index contributed by atoms with van der Waals surface area (Å²) in [5, 5.41) is 38.3. The molecule has 0 saturated carbocycles. The number of aliphatic hydroxyl groups excluding tert-OH is 2. The molecule has 0 spiro atoms. The number of pyridine rings is 1. The highest BCUT2D eigenvalue weighted by Crippen LogP contribution is 2.39. The first-order chi connectivity index (χ1) is 13.7. The van der Waals surface area contributed by atoms with E-state index in [4.69, 9.17) is 9.84 Å². The molecule has 8 heteroatoms. The number of aliphatic hydroxyl groups is 2. The Morgan fingerprint density at radius 3 is 2.32 bits per heavy atom. The number of nitrogens with zero attached hydrogens (tertiary/aromatic N) is 4. The summed E-state index contributed by atoms with van der Waals surface area (Å²) in [5.74, 6) is 1.60. The Balaban J connectivity index is 2.14. The van der Waals surface area contributed by atoms with Crippen LogP contribution < -0.4 is 9.64 Å². The monoisotopic (exact) mass is 396 g/mol. The van der Waals surface area contributed by atoms with Crippen LogP contribution in [0.3, 0.4) is 0 Å². The van der Waals surface area contributed by atoms with Gasteiger partial charge in [-0.05, 0) is 24.1 Å². The van der Waals surface area contributed by atoms with Gasteiger partial charge in [0, 0.05) is 24.4 Å². The highest BCUT2D eigenvalue weighted by atomic mass is 32.2. The van der Waals surface area contributed by atoms with E-state index in [1.54, 1.807) is 24.3 Å². The summed E-state index contributed by atoms with van der Waals surface area (Å²) >= 11 is 1.31. The largest absolute Gasteiger partial charge is 0.491 e. The lowest BCUT2D eigenvalue weighted by Gasteiger charge is -2.33. The first-order valence-electron chi connectivity index (χ1n) is 8.94. The maximum Gasteiger partial charge on any atom is 0.148 e. The summed E-state index contributed by atoms with van der Waals surface area (Å²) in [4.78, 5) is 6.63. The van der Waals surface area contributed by atoms with Gasteiger partial charge in [-0.2, -0.15) is 10.5 Å². The molecule has 2 N–H and O–H groups in total. The molecule has 3 rings (SSSR count). The number of aromatic nitrogens is 1. The molecule has 2 aromatic rings. The van der Waals surface area contributed by atoms with E-state index in [9.17, 15) is 15.6 Å². The molecule has 1 saturated heterocycles. The van der Waals surface area contributed by atoms with E-state index in [0.717, 1.165) is 25.1 Å². The van der Waals surface area contributed by atoms with Crippen LogP contribution in [0.15, 0.2) is 29.3 Å². The van der Waals surface area contributed by atoms with E-state index in [-0.39, 0.29) is 19.8 Å². The van der Waals surface area contributed by atoms with E-state index >= 15 is 0 Å². The Morgan fingerprint density at radius 2 is 1.79 bits per heavy atom. The summed E-state index contributed by atoms with van der Waals surface area (Å²) in [6, 6.07) is 11.5. The predicted octanol–water partition coefficient (Wildman–Crippen LogP) is 2.16. The second-order valence-electron chi connectivity index (χ2n) is 6.10. The number of nitriles is 2. The molecule has 0 aliphatic carbocycles. The van der Waals surface area contributed by atoms with Crippen LogP contribution in [0.25, 0.3) is 11.1 Å². The van der Waals surface area contributed by atoms with E-state index in [2.05, 4.69) is 17.1 Å². The molecule has 0 radical (unpaired) electrons. The van der Waals surface area contributed by atoms with Crippen molar-refractivity contribution in [1.82, 2.24) is 4.98 Å². The van der Waals surface area contributed by atoms with Crippen molar-refractivity contribution in [3.8, 4) is 29.0 Å². The second kappa shape index (κ2) is 9.43. The summed E-state index contributed by atoms with van der Waals surface area (Å²) in [6.07, 6.45) is 1.04. The van der Waals surface area contributed by atoms with Crippen LogP contribution in [0.5, 0.6) is 5.75 Å². The Bertz CT molecular complexity index is 915. The highest BCUT2D eigenvalue weighted by Gasteiger charge is 2.27. The molecule has 28 heavy (non-hydrogen) atoms. The second-order valence-corrected chi connectivity index (χ2v) is 7.18. The number of benzene rings is 1. The molecular weight excluding hydrogens is 376 g/mol. The lowest BCUT2D eigenvalue weighted by Crippen LogP contribution is -2.38. The molecule has 144 valence electrons. The summed E-state index contributed by atoms with van der Waals surface area (Å²) in [6.45, 7) is 1.75. The van der Waals surface area contributed by atoms with Crippen molar-refractivity contribution in [3.05, 3.63) is 35.4 Å². The van der Waals surface area contributed by atoms with E-state index in [1.807, 2.05) is 4.90 Å². The fourth-order valence-electron chi connectivity index (χ4n) is 2.93. The van der Waals surface area contributed by atoms with Gasteiger partial charge in [0.25, 0.3) is 0 Å². The molecule has 1 aliphatic heterocycles. The smallest absolute Gasteiger partial charge is 0.148 e. The van der Waals surface area contributed by atoms with Crippen LogP contribution in [0, 0.1) is 22.7 Å². The SMILES string of the molecule is N#Cc1c(SCCO)nc(N2CCC2)c(C#N)c1-c1ccc(OCCO)cc1. The van der Waals surface area contributed by atoms with Crippen molar-refractivity contribution in [2.45, 2.75) is 11.4 Å². The Morgan fingerprint density at radius 1 is 1.07 bits per heavy atom. The number of ether oxygens (including phenoxy) is 1. The van der Waals surface area contributed by atoms with Gasteiger partial charge in [-0.25, -0.2) is 4.98 Å². The normalized spacial score (nSPS) is 12.8. The Hall–Kier alpha value is -2.78. The Labute approximate surface area is 167 Å². The van der Waals surface area contributed by atoms with Crippen LogP contribution in [-0.2, 0) is 0 Å². The molecular formula is C20H20N4O3S. The van der Waals surface area contributed by atoms with Crippen molar-refractivity contribution in [2.24, 2.45) is 0 Å². The molecule has 1 fully saturated rings. The number of hydrogen-bond donors (Lipinski definition) is 2. The lowest BCUT2D eigenvalue weighted by molar-refractivity contribution is 0.201. The molecule has 1 aromatic carbocycles. The fourth-order valence-corrected chi connectivity index (χ4v) is 3.66. The molecule has 0 unspecified atom stereocenters. The van der Waals surface area contributed by atoms with E-state index in [0.29, 0.717) is 39.0 Å². The van der Waals surface area contributed by atoms with E-state index < -0.39 is 0 Å². The van der Waals surface area contributed by atoms with Crippen molar-refractivity contribution in [1.29, 1.82) is 10.5 Å². The molecule has 0 atom stereocenters. The first kappa shape index (κ1) is 20.0. The van der Waals surface area contributed by atoms with Gasteiger partial charge in [0.2, 0.25) is 0 Å². The quantitative estimate of drug-likeness (QED) is 0.653. The topological polar surface area (TPSA) is 113 Å². The summed E-state index contributed by atoms with van der Waals surface area (Å²) in [7, 11) is 0. The number of hydrogen-bond acceptors (Lipinski definition) is 8. The summed E-state index contributed by atoms with van der Waals surface area (Å²) in [5.41, 5.74) is 1.99. The van der Waals surface area contributed by atoms with Crippen molar-refractivity contribution in [2.75, 3.05) is 43.6 Å². The van der Waals surface area contributed by atoms with Crippen molar-refractivity contribution in [3.63, 3.8) is 0 Å². The van der Waals surface area contributed by atoms with Gasteiger partial charge >= 0.3 is 0 Å². The zero-order valence-electron chi connectivity index (χ0n) is 15.3. The molecule has 0 amide bonds. The number of rotatable bonds is 8. The average molecular weight is 396 g/mol. The fraction of sp³-hybridized carbons (Fsp3) is 0.350. The minimum absolute atomic E-state index is 0.0253. The summed E-state index contributed by atoms with van der Waals surface area (Å²) < 4.78 is 5.39. The lowest BCUT2D eigenvalue weighted by atomic mass is 9.96. The van der Waals surface area contributed by atoms with Gasteiger partial charge in [0.1, 0.15) is 40.9 Å². The van der Waals surface area contributed by atoms with Gasteiger partial charge in [-0.15, -0.1) is 11.8 Å². The first-order valence-corrected chi connectivity index (χ1v) is 9.93. The van der Waals surface area contributed by atoms with Gasteiger partial charge in [0.05, 0.1) is 18.8 Å². The molecule has 7 nitrogen and oxygen atoms in total. The molecule has 0 bridgehead atoms. The zero-order chi connectivity index (χ0) is 19.9. The van der Waals surface area contributed by atoms with Crippen LogP contribution in [0.1, 0.15) is 17.5 Å². The van der Waals surface area contributed by atoms with E-state index in [1.165, 1.54) is 11.8 Å². The standard InChI is InChI=1S/C20H20N4O3S/c21-12-16-18(14-2-4-15(5-3-14)27-10-8-25)17(13-22)20(28-11-9-26)23-19(16)24-6-1-7-24/h2-5,25-26H,1,6-11H2. The van der Waals surface area contributed by atoms with Crippen molar-refractivity contribution >= 4 is 17.6 Å². The maximum absolute atomic E-state index is 9.86. The molecule has 2 heterocycles.